The van der Waals surface area contributed by atoms with Crippen molar-refractivity contribution in [2.45, 2.75) is 45.6 Å². The van der Waals surface area contributed by atoms with Gasteiger partial charge in [-0.15, -0.1) is 0 Å². The Morgan fingerprint density at radius 2 is 1.97 bits per heavy atom. The minimum absolute atomic E-state index is 0.0361. The highest BCUT2D eigenvalue weighted by molar-refractivity contribution is 7.91. The Labute approximate surface area is 184 Å². The second-order valence-electron chi connectivity index (χ2n) is 8.87. The van der Waals surface area contributed by atoms with E-state index in [-0.39, 0.29) is 57.0 Å². The minimum atomic E-state index is -3.17. The average Bonchev–Trinajstić information content (AvgIpc) is 3.32. The van der Waals surface area contributed by atoms with Crippen LogP contribution in [0.25, 0.3) is 6.08 Å². The predicted molar refractivity (Wildman–Crippen MR) is 114 cm³/mol. The molecule has 1 aromatic heterocycles. The maximum Gasteiger partial charge on any atom is 0.185 e. The number of phenolic OH excluding ortho intramolecular Hbond substituents is 2. The van der Waals surface area contributed by atoms with E-state index in [1.165, 1.54) is 13.8 Å². The number of ether oxygens (including phenoxy) is 1. The van der Waals surface area contributed by atoms with Crippen LogP contribution in [0.5, 0.6) is 17.2 Å². The number of hydrogen-bond acceptors (Lipinski definition) is 8. The predicted octanol–water partition coefficient (Wildman–Crippen LogP) is 2.36. The zero-order valence-corrected chi connectivity index (χ0v) is 18.8. The SMILES string of the molecule is CC(=O)c1c(O)c(C)c(O)c2c1OC1=Cc3c(c(C)nn3C3CCS(=O)(=O)C3)C(=O)C12C. The van der Waals surface area contributed by atoms with Gasteiger partial charge in [-0.2, -0.15) is 5.10 Å². The Morgan fingerprint density at radius 1 is 1.28 bits per heavy atom. The average molecular weight is 458 g/mol. The number of phenols is 2. The first kappa shape index (κ1) is 20.7. The topological polar surface area (TPSA) is 136 Å². The van der Waals surface area contributed by atoms with Gasteiger partial charge in [0.1, 0.15) is 34.0 Å². The van der Waals surface area contributed by atoms with Crippen LogP contribution < -0.4 is 4.74 Å². The summed E-state index contributed by atoms with van der Waals surface area (Å²) in [6, 6.07) is -0.396. The molecule has 2 aromatic rings. The van der Waals surface area contributed by atoms with E-state index in [2.05, 4.69) is 5.10 Å². The van der Waals surface area contributed by atoms with Gasteiger partial charge in [0.05, 0.1) is 40.1 Å². The number of aromatic nitrogens is 2. The van der Waals surface area contributed by atoms with Crippen molar-refractivity contribution in [1.82, 2.24) is 9.78 Å². The summed E-state index contributed by atoms with van der Waals surface area (Å²) in [6.07, 6.45) is 2.02. The van der Waals surface area contributed by atoms with Crippen LogP contribution in [0.3, 0.4) is 0 Å². The van der Waals surface area contributed by atoms with Crippen molar-refractivity contribution in [2.75, 3.05) is 11.5 Å². The van der Waals surface area contributed by atoms with Gasteiger partial charge in [0.2, 0.25) is 0 Å². The molecule has 1 fully saturated rings. The lowest BCUT2D eigenvalue weighted by Crippen LogP contribution is -2.36. The third kappa shape index (κ3) is 2.44. The molecular weight excluding hydrogens is 436 g/mol. The number of aromatic hydroxyl groups is 2. The highest BCUT2D eigenvalue weighted by atomic mass is 32.2. The molecule has 3 heterocycles. The smallest absolute Gasteiger partial charge is 0.185 e. The molecule has 0 saturated carbocycles. The lowest BCUT2D eigenvalue weighted by molar-refractivity contribution is 0.0905. The van der Waals surface area contributed by atoms with E-state index in [4.69, 9.17) is 4.74 Å². The van der Waals surface area contributed by atoms with Crippen molar-refractivity contribution >= 4 is 27.5 Å². The lowest BCUT2D eigenvalue weighted by atomic mass is 9.71. The van der Waals surface area contributed by atoms with E-state index in [0.717, 1.165) is 0 Å². The van der Waals surface area contributed by atoms with Gasteiger partial charge in [0, 0.05) is 11.6 Å². The number of rotatable bonds is 2. The molecule has 0 radical (unpaired) electrons. The summed E-state index contributed by atoms with van der Waals surface area (Å²) in [5.41, 5.74) is -0.0796. The zero-order valence-electron chi connectivity index (χ0n) is 18.0. The number of benzene rings is 1. The van der Waals surface area contributed by atoms with Crippen LogP contribution in [0.2, 0.25) is 0 Å². The molecule has 2 N–H and O–H groups in total. The third-order valence-corrected chi connectivity index (χ3v) is 8.57. The number of hydrogen-bond donors (Lipinski definition) is 2. The maximum atomic E-state index is 13.8. The van der Waals surface area contributed by atoms with Crippen molar-refractivity contribution in [2.24, 2.45) is 0 Å². The first-order valence-electron chi connectivity index (χ1n) is 10.2. The number of Topliss-reactive ketones (excluding diaryl/α,β-unsaturated/α-hetero) is 2. The summed E-state index contributed by atoms with van der Waals surface area (Å²) >= 11 is 0. The molecule has 0 amide bonds. The highest BCUT2D eigenvalue weighted by Crippen LogP contribution is 2.58. The Morgan fingerprint density at radius 3 is 2.56 bits per heavy atom. The van der Waals surface area contributed by atoms with Gasteiger partial charge in [-0.25, -0.2) is 8.42 Å². The van der Waals surface area contributed by atoms with E-state index >= 15 is 0 Å². The molecular formula is C22H22N2O7S. The standard InChI is InChI=1S/C22H22N2O7S/c1-9-18(26)16(11(3)25)20-17(19(9)27)22(4)14(31-20)7-13-15(21(22)28)10(2)23-24(13)12-5-6-32(29,30)8-12/h7,12,26-27H,5-6,8H2,1-4H3. The van der Waals surface area contributed by atoms with Crippen LogP contribution in [0.4, 0.5) is 0 Å². The fraction of sp³-hybridized carbons (Fsp3) is 0.409. The number of ketones is 2. The van der Waals surface area contributed by atoms with Gasteiger partial charge < -0.3 is 14.9 Å². The lowest BCUT2D eigenvalue weighted by Gasteiger charge is -2.28. The second-order valence-corrected chi connectivity index (χ2v) is 11.1. The minimum Gasteiger partial charge on any atom is -0.507 e. The number of nitrogens with zero attached hydrogens (tertiary/aromatic N) is 2. The van der Waals surface area contributed by atoms with Crippen LogP contribution >= 0.6 is 0 Å². The van der Waals surface area contributed by atoms with Crippen LogP contribution in [0.15, 0.2) is 5.76 Å². The van der Waals surface area contributed by atoms with Crippen molar-refractivity contribution in [3.8, 4) is 17.2 Å². The number of carbonyl (C=O) groups excluding carboxylic acids is 2. The Hall–Kier alpha value is -3.14. The number of carbonyl (C=O) groups is 2. The van der Waals surface area contributed by atoms with E-state index in [9.17, 15) is 28.2 Å². The summed E-state index contributed by atoms with van der Waals surface area (Å²) in [6.45, 7) is 6.02. The molecule has 9 nitrogen and oxygen atoms in total. The van der Waals surface area contributed by atoms with Crippen LogP contribution in [0, 0.1) is 13.8 Å². The molecule has 3 aliphatic rings. The molecule has 1 saturated heterocycles. The van der Waals surface area contributed by atoms with E-state index < -0.39 is 27.1 Å². The van der Waals surface area contributed by atoms with Gasteiger partial charge in [-0.3, -0.25) is 14.3 Å². The van der Waals surface area contributed by atoms with Gasteiger partial charge >= 0.3 is 0 Å². The summed E-state index contributed by atoms with van der Waals surface area (Å²) in [4.78, 5) is 26.1. The second kappa shape index (κ2) is 6.22. The van der Waals surface area contributed by atoms with Gasteiger partial charge in [-0.1, -0.05) is 0 Å². The molecule has 0 spiro atoms. The third-order valence-electron chi connectivity index (χ3n) is 6.82. The molecule has 10 heteroatoms. The van der Waals surface area contributed by atoms with Crippen LogP contribution in [0.1, 0.15) is 69.5 Å². The van der Waals surface area contributed by atoms with Crippen LogP contribution in [-0.4, -0.2) is 51.5 Å². The maximum absolute atomic E-state index is 13.8. The molecule has 1 aliphatic carbocycles. The zero-order chi connectivity index (χ0) is 23.3. The first-order valence-corrected chi connectivity index (χ1v) is 12.0. The quantitative estimate of drug-likeness (QED) is 0.655. The molecule has 5 rings (SSSR count). The molecule has 32 heavy (non-hydrogen) atoms. The number of sulfone groups is 1. The Kier molecular flexibility index (Phi) is 4.03. The summed E-state index contributed by atoms with van der Waals surface area (Å²) in [5, 5.41) is 25.8. The van der Waals surface area contributed by atoms with Crippen molar-refractivity contribution in [1.29, 1.82) is 0 Å². The van der Waals surface area contributed by atoms with Gasteiger partial charge in [-0.05, 0) is 34.1 Å². The van der Waals surface area contributed by atoms with Gasteiger partial charge in [0.15, 0.2) is 21.4 Å². The summed E-state index contributed by atoms with van der Waals surface area (Å²) < 4.78 is 31.5. The van der Waals surface area contributed by atoms with Crippen LogP contribution in [-0.2, 0) is 15.3 Å². The summed E-state index contributed by atoms with van der Waals surface area (Å²) in [5.74, 6) is -1.38. The number of fused-ring (bicyclic) bond motifs is 4. The molecule has 2 atom stereocenters. The first-order chi connectivity index (χ1) is 14.9. The Balaban J connectivity index is 1.76. The molecule has 1 aromatic carbocycles. The van der Waals surface area contributed by atoms with Crippen molar-refractivity contribution in [3.05, 3.63) is 39.4 Å². The van der Waals surface area contributed by atoms with Gasteiger partial charge in [0.25, 0.3) is 0 Å². The molecule has 2 unspecified atom stereocenters. The van der Waals surface area contributed by atoms with E-state index in [1.807, 2.05) is 0 Å². The molecule has 168 valence electrons. The largest absolute Gasteiger partial charge is 0.507 e. The number of allylic oxidation sites excluding steroid dienone is 1. The highest BCUT2D eigenvalue weighted by Gasteiger charge is 2.55. The van der Waals surface area contributed by atoms with Crippen molar-refractivity contribution < 1.29 is 33.0 Å². The van der Waals surface area contributed by atoms with Crippen molar-refractivity contribution in [3.63, 3.8) is 0 Å². The summed E-state index contributed by atoms with van der Waals surface area (Å²) in [7, 11) is -3.17. The normalized spacial score (nSPS) is 25.1. The molecule has 2 aliphatic heterocycles. The van der Waals surface area contributed by atoms with E-state index in [0.29, 0.717) is 23.4 Å². The monoisotopic (exact) mass is 458 g/mol. The fourth-order valence-electron chi connectivity index (χ4n) is 5.06. The fourth-order valence-corrected chi connectivity index (χ4v) is 6.75. The molecule has 0 bridgehead atoms. The van der Waals surface area contributed by atoms with E-state index in [1.54, 1.807) is 24.6 Å². The number of aryl methyl sites for hydroxylation is 1. The Bertz CT molecular complexity index is 1400.